The molecule has 25 heavy (non-hydrogen) atoms. The minimum Gasteiger partial charge on any atom is -0.378 e. The van der Waals surface area contributed by atoms with Crippen molar-refractivity contribution in [1.82, 2.24) is 19.6 Å². The zero-order chi connectivity index (χ0) is 17.2. The van der Waals surface area contributed by atoms with Crippen LogP contribution in [0.2, 0.25) is 0 Å². The molecule has 124 valence electrons. The van der Waals surface area contributed by atoms with Crippen molar-refractivity contribution >= 4 is 5.65 Å². The number of rotatable bonds is 4. The monoisotopic (exact) mass is 334 g/mol. The fraction of sp³-hybridized carbons (Fsp3) is 0.105. The summed E-state index contributed by atoms with van der Waals surface area (Å²) in [6, 6.07) is 12.1. The van der Waals surface area contributed by atoms with Crippen LogP contribution >= 0.6 is 0 Å². The third kappa shape index (κ3) is 2.77. The van der Waals surface area contributed by atoms with Crippen LogP contribution in [-0.4, -0.2) is 26.7 Å². The summed E-state index contributed by atoms with van der Waals surface area (Å²) >= 11 is 0. The van der Waals surface area contributed by atoms with E-state index in [1.165, 1.54) is 12.1 Å². The predicted octanol–water partition coefficient (Wildman–Crippen LogP) is 3.74. The minimum absolute atomic E-state index is 0.279. The SMILES string of the molecule is COCc1nn2c(-c3ccncc3)ccnc2c1-c1ccc(F)cc1. The molecule has 0 bridgehead atoms. The van der Waals surface area contributed by atoms with E-state index in [-0.39, 0.29) is 5.82 Å². The average Bonchev–Trinajstić information content (AvgIpc) is 3.01. The van der Waals surface area contributed by atoms with Crippen LogP contribution < -0.4 is 0 Å². The summed E-state index contributed by atoms with van der Waals surface area (Å²) in [5.74, 6) is -0.279. The molecule has 3 aromatic heterocycles. The van der Waals surface area contributed by atoms with E-state index in [0.29, 0.717) is 12.3 Å². The molecule has 3 heterocycles. The maximum Gasteiger partial charge on any atom is 0.163 e. The molecule has 0 fully saturated rings. The number of hydrogen-bond acceptors (Lipinski definition) is 4. The zero-order valence-corrected chi connectivity index (χ0v) is 13.6. The summed E-state index contributed by atoms with van der Waals surface area (Å²) in [6.45, 7) is 0.339. The smallest absolute Gasteiger partial charge is 0.163 e. The molecule has 0 radical (unpaired) electrons. The van der Waals surface area contributed by atoms with E-state index in [9.17, 15) is 4.39 Å². The lowest BCUT2D eigenvalue weighted by Gasteiger charge is -2.05. The van der Waals surface area contributed by atoms with Crippen LogP contribution in [0.3, 0.4) is 0 Å². The number of pyridine rings is 1. The molecule has 0 saturated carbocycles. The summed E-state index contributed by atoms with van der Waals surface area (Å²) < 4.78 is 20.4. The molecule has 0 spiro atoms. The number of benzene rings is 1. The number of ether oxygens (including phenoxy) is 1. The Morgan fingerprint density at radius 2 is 1.72 bits per heavy atom. The van der Waals surface area contributed by atoms with Crippen LogP contribution in [0, 0.1) is 5.82 Å². The summed E-state index contributed by atoms with van der Waals surface area (Å²) in [7, 11) is 1.62. The molecule has 0 unspecified atom stereocenters. The van der Waals surface area contributed by atoms with Crippen LogP contribution in [0.25, 0.3) is 28.0 Å². The van der Waals surface area contributed by atoms with Crippen molar-refractivity contribution in [2.75, 3.05) is 7.11 Å². The predicted molar refractivity (Wildman–Crippen MR) is 92.3 cm³/mol. The Bertz CT molecular complexity index is 1010. The lowest BCUT2D eigenvalue weighted by molar-refractivity contribution is 0.181. The normalized spacial score (nSPS) is 11.1. The number of nitrogens with zero attached hydrogens (tertiary/aromatic N) is 4. The summed E-state index contributed by atoms with van der Waals surface area (Å²) in [4.78, 5) is 8.56. The van der Waals surface area contributed by atoms with Crippen molar-refractivity contribution < 1.29 is 9.13 Å². The molecule has 0 aliphatic rings. The molecule has 0 aliphatic heterocycles. The van der Waals surface area contributed by atoms with Gasteiger partial charge in [0.15, 0.2) is 5.65 Å². The largest absolute Gasteiger partial charge is 0.378 e. The van der Waals surface area contributed by atoms with Crippen LogP contribution in [-0.2, 0) is 11.3 Å². The van der Waals surface area contributed by atoms with Crippen molar-refractivity contribution in [2.24, 2.45) is 0 Å². The standard InChI is InChI=1S/C19H15FN4O/c1-25-12-16-18(14-2-4-15(20)5-3-14)19-22-11-8-17(24(19)23-16)13-6-9-21-10-7-13/h2-11H,12H2,1H3. The second-order valence-corrected chi connectivity index (χ2v) is 5.56. The lowest BCUT2D eigenvalue weighted by atomic mass is 10.1. The highest BCUT2D eigenvalue weighted by Crippen LogP contribution is 2.30. The molecule has 0 aliphatic carbocycles. The van der Waals surface area contributed by atoms with Gasteiger partial charge in [-0.15, -0.1) is 0 Å². The summed E-state index contributed by atoms with van der Waals surface area (Å²) in [5, 5.41) is 4.69. The maximum atomic E-state index is 13.3. The molecule has 0 N–H and O–H groups in total. The quantitative estimate of drug-likeness (QED) is 0.570. The fourth-order valence-corrected chi connectivity index (χ4v) is 2.88. The number of aromatic nitrogens is 4. The van der Waals surface area contributed by atoms with Gasteiger partial charge in [0.05, 0.1) is 23.6 Å². The van der Waals surface area contributed by atoms with Crippen LogP contribution in [0.15, 0.2) is 61.1 Å². The van der Waals surface area contributed by atoms with Gasteiger partial charge in [-0.3, -0.25) is 4.98 Å². The fourth-order valence-electron chi connectivity index (χ4n) is 2.88. The van der Waals surface area contributed by atoms with E-state index in [1.54, 1.807) is 42.3 Å². The second-order valence-electron chi connectivity index (χ2n) is 5.56. The third-order valence-corrected chi connectivity index (χ3v) is 3.98. The van der Waals surface area contributed by atoms with Gasteiger partial charge in [-0.2, -0.15) is 5.10 Å². The highest BCUT2D eigenvalue weighted by atomic mass is 19.1. The second kappa shape index (κ2) is 6.41. The van der Waals surface area contributed by atoms with Gasteiger partial charge in [0.25, 0.3) is 0 Å². The van der Waals surface area contributed by atoms with Crippen LogP contribution in [0.4, 0.5) is 4.39 Å². The minimum atomic E-state index is -0.279. The van der Waals surface area contributed by atoms with E-state index < -0.39 is 0 Å². The Morgan fingerprint density at radius 1 is 0.960 bits per heavy atom. The Morgan fingerprint density at radius 3 is 2.44 bits per heavy atom. The van der Waals surface area contributed by atoms with Crippen molar-refractivity contribution in [1.29, 1.82) is 0 Å². The molecule has 1 aromatic carbocycles. The van der Waals surface area contributed by atoms with Crippen molar-refractivity contribution in [3.05, 3.63) is 72.6 Å². The molecule has 5 nitrogen and oxygen atoms in total. The van der Waals surface area contributed by atoms with Gasteiger partial charge in [0, 0.05) is 31.3 Å². The average molecular weight is 334 g/mol. The van der Waals surface area contributed by atoms with Gasteiger partial charge in [-0.05, 0) is 35.9 Å². The van der Waals surface area contributed by atoms with E-state index in [1.807, 2.05) is 18.2 Å². The van der Waals surface area contributed by atoms with Gasteiger partial charge in [0.1, 0.15) is 5.82 Å². The highest BCUT2D eigenvalue weighted by molar-refractivity contribution is 5.81. The van der Waals surface area contributed by atoms with Gasteiger partial charge in [-0.1, -0.05) is 12.1 Å². The zero-order valence-electron chi connectivity index (χ0n) is 13.6. The first-order chi connectivity index (χ1) is 12.3. The first-order valence-electron chi connectivity index (χ1n) is 7.80. The molecule has 0 saturated heterocycles. The molecular formula is C19H15FN4O. The Hall–Kier alpha value is -3.12. The van der Waals surface area contributed by atoms with E-state index in [2.05, 4.69) is 9.97 Å². The van der Waals surface area contributed by atoms with Gasteiger partial charge in [-0.25, -0.2) is 13.9 Å². The first-order valence-corrected chi connectivity index (χ1v) is 7.80. The molecule has 4 aromatic rings. The highest BCUT2D eigenvalue weighted by Gasteiger charge is 2.18. The Labute approximate surface area is 143 Å². The topological polar surface area (TPSA) is 52.3 Å². The third-order valence-electron chi connectivity index (χ3n) is 3.98. The summed E-state index contributed by atoms with van der Waals surface area (Å²) in [6.07, 6.45) is 5.22. The number of methoxy groups -OCH3 is 1. The van der Waals surface area contributed by atoms with Crippen LogP contribution in [0.1, 0.15) is 5.69 Å². The van der Waals surface area contributed by atoms with Gasteiger partial charge >= 0.3 is 0 Å². The maximum absolute atomic E-state index is 13.3. The van der Waals surface area contributed by atoms with Gasteiger partial charge < -0.3 is 4.74 Å². The molecule has 0 atom stereocenters. The number of halogens is 1. The van der Waals surface area contributed by atoms with E-state index in [4.69, 9.17) is 9.84 Å². The molecular weight excluding hydrogens is 319 g/mol. The molecule has 6 heteroatoms. The lowest BCUT2D eigenvalue weighted by Crippen LogP contribution is -1.96. The Balaban J connectivity index is 1.99. The number of fused-ring (bicyclic) bond motifs is 1. The van der Waals surface area contributed by atoms with E-state index in [0.717, 1.165) is 28.1 Å². The van der Waals surface area contributed by atoms with E-state index >= 15 is 0 Å². The molecule has 4 rings (SSSR count). The van der Waals surface area contributed by atoms with Crippen molar-refractivity contribution in [3.8, 4) is 22.4 Å². The van der Waals surface area contributed by atoms with Crippen molar-refractivity contribution in [2.45, 2.75) is 6.61 Å². The first kappa shape index (κ1) is 15.4. The number of hydrogen-bond donors (Lipinski definition) is 0. The summed E-state index contributed by atoms with van der Waals surface area (Å²) in [5.41, 5.74) is 5.04. The molecule has 0 amide bonds. The van der Waals surface area contributed by atoms with Gasteiger partial charge in [0.2, 0.25) is 0 Å². The Kier molecular flexibility index (Phi) is 3.95. The van der Waals surface area contributed by atoms with Crippen LogP contribution in [0.5, 0.6) is 0 Å². The van der Waals surface area contributed by atoms with Crippen molar-refractivity contribution in [3.63, 3.8) is 0 Å².